The molecule has 0 bridgehead atoms. The van der Waals surface area contributed by atoms with Gasteiger partial charge in [-0.05, 0) is 24.2 Å². The molecule has 7 nitrogen and oxygen atoms in total. The van der Waals surface area contributed by atoms with Crippen LogP contribution in [0.25, 0.3) is 11.0 Å². The molecule has 166 valence electrons. The fourth-order valence-corrected chi connectivity index (χ4v) is 3.62. The SMILES string of the molecule is C[Si](C)(C)CCOCn1ccc2c(Oc3ccc([N+](=O)[O-])cc3C(F)(F)F)ccnc21. The first-order chi connectivity index (χ1) is 14.5. The Labute approximate surface area is 177 Å². The van der Waals surface area contributed by atoms with Crippen LogP contribution in [0, 0.1) is 10.1 Å². The Morgan fingerprint density at radius 1 is 1.16 bits per heavy atom. The molecule has 0 unspecified atom stereocenters. The van der Waals surface area contributed by atoms with Crippen LogP contribution in [0.2, 0.25) is 25.7 Å². The van der Waals surface area contributed by atoms with E-state index in [1.165, 1.54) is 12.3 Å². The Bertz CT molecular complexity index is 1090. The number of alkyl halides is 3. The molecule has 0 aliphatic heterocycles. The quantitative estimate of drug-likeness (QED) is 0.179. The number of fused-ring (bicyclic) bond motifs is 1. The Morgan fingerprint density at radius 3 is 2.55 bits per heavy atom. The van der Waals surface area contributed by atoms with Gasteiger partial charge in [0, 0.05) is 39.2 Å². The highest BCUT2D eigenvalue weighted by atomic mass is 28.3. The minimum absolute atomic E-state index is 0.158. The molecule has 2 aromatic heterocycles. The number of nitro benzene ring substituents is 1. The summed E-state index contributed by atoms with van der Waals surface area (Å²) in [6.07, 6.45) is -1.67. The predicted molar refractivity (Wildman–Crippen MR) is 112 cm³/mol. The molecule has 0 aliphatic rings. The summed E-state index contributed by atoms with van der Waals surface area (Å²) in [4.78, 5) is 14.3. The number of aromatic nitrogens is 2. The van der Waals surface area contributed by atoms with Gasteiger partial charge in [-0.2, -0.15) is 13.2 Å². The second-order valence-electron chi connectivity index (χ2n) is 8.22. The van der Waals surface area contributed by atoms with Gasteiger partial charge in [0.2, 0.25) is 0 Å². The van der Waals surface area contributed by atoms with Crippen molar-refractivity contribution in [2.24, 2.45) is 0 Å². The lowest BCUT2D eigenvalue weighted by atomic mass is 10.1. The minimum Gasteiger partial charge on any atom is -0.456 e. The van der Waals surface area contributed by atoms with E-state index >= 15 is 0 Å². The summed E-state index contributed by atoms with van der Waals surface area (Å²) in [6.45, 7) is 7.62. The third-order valence-electron chi connectivity index (χ3n) is 4.55. The number of nitrogens with zero attached hydrogens (tertiary/aromatic N) is 3. The van der Waals surface area contributed by atoms with E-state index in [9.17, 15) is 23.3 Å². The molecule has 0 aliphatic carbocycles. The summed E-state index contributed by atoms with van der Waals surface area (Å²) < 4.78 is 53.3. The lowest BCUT2D eigenvalue weighted by Crippen LogP contribution is -2.22. The zero-order valence-corrected chi connectivity index (χ0v) is 18.3. The van der Waals surface area contributed by atoms with Crippen molar-refractivity contribution in [2.45, 2.75) is 38.6 Å². The summed E-state index contributed by atoms with van der Waals surface area (Å²) in [6, 6.07) is 6.52. The van der Waals surface area contributed by atoms with Crippen molar-refractivity contribution in [3.8, 4) is 11.5 Å². The van der Waals surface area contributed by atoms with E-state index in [1.54, 1.807) is 16.8 Å². The van der Waals surface area contributed by atoms with E-state index in [0.717, 1.165) is 18.2 Å². The first-order valence-corrected chi connectivity index (χ1v) is 13.2. The van der Waals surface area contributed by atoms with E-state index in [-0.39, 0.29) is 12.5 Å². The van der Waals surface area contributed by atoms with Crippen LogP contribution >= 0.6 is 0 Å². The van der Waals surface area contributed by atoms with Gasteiger partial charge in [-0.15, -0.1) is 0 Å². The van der Waals surface area contributed by atoms with E-state index in [4.69, 9.17) is 9.47 Å². The number of nitro groups is 1. The first kappa shape index (κ1) is 22.8. The third-order valence-corrected chi connectivity index (χ3v) is 6.25. The lowest BCUT2D eigenvalue weighted by molar-refractivity contribution is -0.385. The molecule has 0 radical (unpaired) electrons. The number of pyridine rings is 1. The maximum Gasteiger partial charge on any atom is 0.420 e. The molecule has 3 rings (SSSR count). The van der Waals surface area contributed by atoms with E-state index in [2.05, 4.69) is 24.6 Å². The van der Waals surface area contributed by atoms with Gasteiger partial charge in [0.05, 0.1) is 10.3 Å². The Morgan fingerprint density at radius 2 is 1.90 bits per heavy atom. The van der Waals surface area contributed by atoms with Crippen molar-refractivity contribution in [3.05, 3.63) is 58.4 Å². The molecule has 0 saturated carbocycles. The molecule has 31 heavy (non-hydrogen) atoms. The van der Waals surface area contributed by atoms with Crippen LogP contribution in [0.5, 0.6) is 11.5 Å². The smallest absolute Gasteiger partial charge is 0.420 e. The van der Waals surface area contributed by atoms with E-state index in [1.807, 2.05) is 0 Å². The maximum atomic E-state index is 13.4. The predicted octanol–water partition coefficient (Wildman–Crippen LogP) is 6.07. The van der Waals surface area contributed by atoms with Gasteiger partial charge in [0.15, 0.2) is 0 Å². The highest BCUT2D eigenvalue weighted by Crippen LogP contribution is 2.41. The molecule has 0 amide bonds. The number of rotatable bonds is 8. The molecule has 0 spiro atoms. The standard InChI is InChI=1S/C20H22F3N3O4Si/c1-31(2,3)11-10-29-13-25-9-7-15-17(6-8-24-19(15)25)30-18-5-4-14(26(27)28)12-16(18)20(21,22)23/h4-9,12H,10-11,13H2,1-3H3. The molecule has 0 N–H and O–H groups in total. The van der Waals surface area contributed by atoms with Crippen LogP contribution in [0.15, 0.2) is 42.7 Å². The van der Waals surface area contributed by atoms with Crippen LogP contribution in [-0.2, 0) is 17.6 Å². The lowest BCUT2D eigenvalue weighted by Gasteiger charge is -2.16. The Hall–Kier alpha value is -2.92. The van der Waals surface area contributed by atoms with E-state index in [0.29, 0.717) is 23.7 Å². The largest absolute Gasteiger partial charge is 0.456 e. The van der Waals surface area contributed by atoms with Gasteiger partial charge in [0.1, 0.15) is 29.4 Å². The molecule has 0 atom stereocenters. The highest BCUT2D eigenvalue weighted by Gasteiger charge is 2.36. The van der Waals surface area contributed by atoms with Crippen LogP contribution in [0.4, 0.5) is 18.9 Å². The molecule has 11 heteroatoms. The maximum absolute atomic E-state index is 13.4. The summed E-state index contributed by atoms with van der Waals surface area (Å²) in [7, 11) is -1.22. The van der Waals surface area contributed by atoms with Gasteiger partial charge in [-0.1, -0.05) is 19.6 Å². The van der Waals surface area contributed by atoms with Crippen molar-refractivity contribution >= 4 is 24.8 Å². The Balaban J connectivity index is 1.86. The second-order valence-corrected chi connectivity index (χ2v) is 13.8. The Kier molecular flexibility index (Phi) is 6.37. The molecule has 1 aromatic carbocycles. The van der Waals surface area contributed by atoms with Crippen LogP contribution in [0.3, 0.4) is 0 Å². The highest BCUT2D eigenvalue weighted by molar-refractivity contribution is 6.76. The third kappa shape index (κ3) is 5.61. The topological polar surface area (TPSA) is 79.4 Å². The normalized spacial score (nSPS) is 12.3. The molecule has 0 saturated heterocycles. The number of hydrogen-bond acceptors (Lipinski definition) is 5. The zero-order chi connectivity index (χ0) is 22.8. The number of non-ortho nitro benzene ring substituents is 1. The van der Waals surface area contributed by atoms with Gasteiger partial charge in [-0.3, -0.25) is 10.1 Å². The number of hydrogen-bond donors (Lipinski definition) is 0. The summed E-state index contributed by atoms with van der Waals surface area (Å²) in [5.74, 6) is -0.366. The van der Waals surface area contributed by atoms with Crippen molar-refractivity contribution in [1.29, 1.82) is 0 Å². The summed E-state index contributed by atoms with van der Waals surface area (Å²) in [5, 5.41) is 11.4. The summed E-state index contributed by atoms with van der Waals surface area (Å²) in [5.41, 5.74) is -1.39. The molecule has 3 aromatic rings. The number of halogens is 3. The van der Waals surface area contributed by atoms with Gasteiger partial charge in [0.25, 0.3) is 5.69 Å². The van der Waals surface area contributed by atoms with Gasteiger partial charge >= 0.3 is 6.18 Å². The van der Waals surface area contributed by atoms with Crippen molar-refractivity contribution < 1.29 is 27.6 Å². The van der Waals surface area contributed by atoms with Crippen LogP contribution in [0.1, 0.15) is 5.56 Å². The fourth-order valence-electron chi connectivity index (χ4n) is 2.86. The van der Waals surface area contributed by atoms with Gasteiger partial charge < -0.3 is 14.0 Å². The number of ether oxygens (including phenoxy) is 2. The minimum atomic E-state index is -4.82. The monoisotopic (exact) mass is 453 g/mol. The zero-order valence-electron chi connectivity index (χ0n) is 17.3. The average molecular weight is 453 g/mol. The molecule has 2 heterocycles. The molecular formula is C20H22F3N3O4Si. The summed E-state index contributed by atoms with van der Waals surface area (Å²) >= 11 is 0. The molecular weight excluding hydrogens is 431 g/mol. The van der Waals surface area contributed by atoms with Crippen LogP contribution in [-0.4, -0.2) is 29.2 Å². The average Bonchev–Trinajstić information content (AvgIpc) is 3.08. The first-order valence-electron chi connectivity index (χ1n) is 9.51. The van der Waals surface area contributed by atoms with E-state index < -0.39 is 36.2 Å². The van der Waals surface area contributed by atoms with Crippen molar-refractivity contribution in [2.75, 3.05) is 6.61 Å². The second kappa shape index (κ2) is 8.67. The van der Waals surface area contributed by atoms with Crippen LogP contribution < -0.4 is 4.74 Å². The van der Waals surface area contributed by atoms with Crippen molar-refractivity contribution in [3.63, 3.8) is 0 Å². The van der Waals surface area contributed by atoms with Gasteiger partial charge in [-0.25, -0.2) is 4.98 Å². The number of benzene rings is 1. The molecule has 0 fully saturated rings. The van der Waals surface area contributed by atoms with Crippen molar-refractivity contribution in [1.82, 2.24) is 9.55 Å². The fraction of sp³-hybridized carbons (Fsp3) is 0.350.